The minimum atomic E-state index is -4.75. The highest BCUT2D eigenvalue weighted by Gasteiger charge is 2.31. The average Bonchev–Trinajstić information content (AvgIpc) is 3.28. The van der Waals surface area contributed by atoms with Gasteiger partial charge in [0.2, 0.25) is 11.8 Å². The number of ether oxygens (including phenoxy) is 1. The van der Waals surface area contributed by atoms with Crippen LogP contribution in [0.4, 0.5) is 18.9 Å². The van der Waals surface area contributed by atoms with E-state index in [0.717, 1.165) is 36.7 Å². The first-order valence-electron chi connectivity index (χ1n) is 7.47. The Kier molecular flexibility index (Phi) is 4.89. The number of aromatic nitrogens is 2. The lowest BCUT2D eigenvalue weighted by Gasteiger charge is -2.11. The van der Waals surface area contributed by atoms with E-state index in [9.17, 15) is 18.0 Å². The van der Waals surface area contributed by atoms with E-state index < -0.39 is 11.6 Å². The number of amides is 1. The molecule has 1 amide bonds. The largest absolute Gasteiger partial charge is 0.573 e. The molecule has 1 N–H and O–H groups in total. The topological polar surface area (TPSA) is 77.2 Å². The van der Waals surface area contributed by atoms with E-state index in [1.807, 2.05) is 0 Å². The maximum absolute atomic E-state index is 12.2. The molecule has 1 aliphatic rings. The van der Waals surface area contributed by atoms with Crippen LogP contribution in [0.15, 0.2) is 33.9 Å². The first-order valence-corrected chi connectivity index (χ1v) is 8.35. The average molecular weight is 373 g/mol. The van der Waals surface area contributed by atoms with Crippen LogP contribution in [0, 0.1) is 0 Å². The lowest BCUT2D eigenvalue weighted by molar-refractivity contribution is -0.274. The van der Waals surface area contributed by atoms with Crippen LogP contribution in [0.3, 0.4) is 0 Å². The fourth-order valence-electron chi connectivity index (χ4n) is 1.95. The van der Waals surface area contributed by atoms with Crippen LogP contribution in [0.1, 0.15) is 31.6 Å². The Morgan fingerprint density at radius 2 is 2.00 bits per heavy atom. The molecule has 134 valence electrons. The lowest BCUT2D eigenvalue weighted by atomic mass is 10.3. The zero-order valence-electron chi connectivity index (χ0n) is 13.0. The molecule has 25 heavy (non-hydrogen) atoms. The number of rotatable bonds is 6. The van der Waals surface area contributed by atoms with Crippen molar-refractivity contribution in [2.45, 2.75) is 42.5 Å². The van der Waals surface area contributed by atoms with Gasteiger partial charge in [0.05, 0.1) is 5.25 Å². The van der Waals surface area contributed by atoms with Crippen LogP contribution < -0.4 is 10.1 Å². The minimum absolute atomic E-state index is 0.318. The highest BCUT2D eigenvalue weighted by Crippen LogP contribution is 2.40. The van der Waals surface area contributed by atoms with E-state index in [-0.39, 0.29) is 11.7 Å². The summed E-state index contributed by atoms with van der Waals surface area (Å²) in [6.45, 7) is 1.67. The number of anilines is 1. The Hall–Kier alpha value is -2.23. The summed E-state index contributed by atoms with van der Waals surface area (Å²) in [6.07, 6.45) is -2.67. The van der Waals surface area contributed by atoms with Crippen molar-refractivity contribution in [2.24, 2.45) is 0 Å². The third kappa shape index (κ3) is 5.12. The molecule has 1 heterocycles. The molecule has 2 aromatic rings. The van der Waals surface area contributed by atoms with Gasteiger partial charge in [0.1, 0.15) is 5.75 Å². The number of nitrogens with zero attached hydrogens (tertiary/aromatic N) is 2. The van der Waals surface area contributed by atoms with Crippen molar-refractivity contribution in [1.29, 1.82) is 0 Å². The fraction of sp³-hybridized carbons (Fsp3) is 0.400. The summed E-state index contributed by atoms with van der Waals surface area (Å²) < 4.78 is 45.6. The normalized spacial score (nSPS) is 15.7. The van der Waals surface area contributed by atoms with Crippen LogP contribution >= 0.6 is 11.8 Å². The number of carbonyl (C=O) groups is 1. The molecule has 3 rings (SSSR count). The van der Waals surface area contributed by atoms with Gasteiger partial charge >= 0.3 is 6.36 Å². The zero-order valence-corrected chi connectivity index (χ0v) is 13.9. The summed E-state index contributed by atoms with van der Waals surface area (Å²) in [5.74, 6) is 0.242. The number of hydrogen-bond donors (Lipinski definition) is 1. The van der Waals surface area contributed by atoms with Crippen molar-refractivity contribution in [3.63, 3.8) is 0 Å². The molecule has 0 bridgehead atoms. The molecule has 1 aromatic carbocycles. The minimum Gasteiger partial charge on any atom is -0.416 e. The Labute approximate surface area is 145 Å². The van der Waals surface area contributed by atoms with Crippen molar-refractivity contribution in [3.05, 3.63) is 30.2 Å². The second-order valence-corrected chi connectivity index (χ2v) is 6.79. The van der Waals surface area contributed by atoms with Gasteiger partial charge in [-0.3, -0.25) is 4.79 Å². The van der Waals surface area contributed by atoms with Gasteiger partial charge in [0.15, 0.2) is 0 Å². The molecule has 0 unspecified atom stereocenters. The molecule has 1 aromatic heterocycles. The predicted molar refractivity (Wildman–Crippen MR) is 83.3 cm³/mol. The fourth-order valence-corrected chi connectivity index (χ4v) is 2.64. The van der Waals surface area contributed by atoms with E-state index >= 15 is 0 Å². The van der Waals surface area contributed by atoms with Crippen LogP contribution in [0.25, 0.3) is 0 Å². The second kappa shape index (κ2) is 6.95. The zero-order chi connectivity index (χ0) is 18.0. The smallest absolute Gasteiger partial charge is 0.416 e. The molecule has 0 spiro atoms. The summed E-state index contributed by atoms with van der Waals surface area (Å²) in [7, 11) is 0. The number of thioether (sulfide) groups is 1. The predicted octanol–water partition coefficient (Wildman–Crippen LogP) is 3.96. The molecular formula is C15H14F3N3O3S. The van der Waals surface area contributed by atoms with Crippen LogP contribution in [0.2, 0.25) is 0 Å². The first kappa shape index (κ1) is 17.6. The van der Waals surface area contributed by atoms with E-state index in [4.69, 9.17) is 4.42 Å². The molecule has 0 saturated heterocycles. The Morgan fingerprint density at radius 1 is 1.32 bits per heavy atom. The third-order valence-electron chi connectivity index (χ3n) is 3.35. The summed E-state index contributed by atoms with van der Waals surface area (Å²) in [5.41, 5.74) is 0.358. The quantitative estimate of drug-likeness (QED) is 0.772. The molecule has 10 heteroatoms. The molecular weight excluding hydrogens is 359 g/mol. The highest BCUT2D eigenvalue weighted by atomic mass is 32.2. The number of alkyl halides is 3. The molecule has 1 fully saturated rings. The SMILES string of the molecule is C[C@@H](Sc1nnc(C2CC2)o1)C(=O)Nc1ccc(OC(F)(F)F)cc1. The summed E-state index contributed by atoms with van der Waals surface area (Å²) in [5, 5.41) is 10.2. The van der Waals surface area contributed by atoms with Crippen molar-refractivity contribution in [2.75, 3.05) is 5.32 Å². The number of carbonyl (C=O) groups excluding carboxylic acids is 1. The van der Waals surface area contributed by atoms with Gasteiger partial charge in [-0.05, 0) is 44.0 Å². The standard InChI is InChI=1S/C15H14F3N3O3S/c1-8(25-14-21-20-13(23-14)9-2-3-9)12(22)19-10-4-6-11(7-5-10)24-15(16,17)18/h4-9H,2-3H2,1H3,(H,19,22)/t8-/m1/s1. The van der Waals surface area contributed by atoms with Gasteiger partial charge in [0, 0.05) is 11.6 Å². The number of nitrogens with one attached hydrogen (secondary N) is 1. The molecule has 0 radical (unpaired) electrons. The second-order valence-electron chi connectivity index (χ2n) is 5.50. The number of benzene rings is 1. The molecule has 6 nitrogen and oxygen atoms in total. The van der Waals surface area contributed by atoms with Crippen molar-refractivity contribution in [3.8, 4) is 5.75 Å². The number of halogens is 3. The first-order chi connectivity index (χ1) is 11.8. The third-order valence-corrected chi connectivity index (χ3v) is 4.29. The maximum Gasteiger partial charge on any atom is 0.573 e. The Bertz CT molecular complexity index is 744. The van der Waals surface area contributed by atoms with Gasteiger partial charge in [-0.15, -0.1) is 23.4 Å². The van der Waals surface area contributed by atoms with Gasteiger partial charge in [0.25, 0.3) is 5.22 Å². The highest BCUT2D eigenvalue weighted by molar-refractivity contribution is 8.00. The Balaban J connectivity index is 1.53. The molecule has 1 aliphatic carbocycles. The van der Waals surface area contributed by atoms with Crippen molar-refractivity contribution >= 4 is 23.4 Å². The van der Waals surface area contributed by atoms with Gasteiger partial charge in [-0.25, -0.2) is 0 Å². The van der Waals surface area contributed by atoms with Crippen LogP contribution in [-0.4, -0.2) is 27.7 Å². The molecule has 1 saturated carbocycles. The van der Waals surface area contributed by atoms with Crippen LogP contribution in [-0.2, 0) is 4.79 Å². The number of hydrogen-bond acceptors (Lipinski definition) is 6. The van der Waals surface area contributed by atoms with Gasteiger partial charge in [-0.1, -0.05) is 11.8 Å². The molecule has 0 aliphatic heterocycles. The van der Waals surface area contributed by atoms with E-state index in [1.165, 1.54) is 12.1 Å². The summed E-state index contributed by atoms with van der Waals surface area (Å²) >= 11 is 1.12. The van der Waals surface area contributed by atoms with Crippen LogP contribution in [0.5, 0.6) is 5.75 Å². The summed E-state index contributed by atoms with van der Waals surface area (Å²) in [4.78, 5) is 12.2. The lowest BCUT2D eigenvalue weighted by Crippen LogP contribution is -2.22. The van der Waals surface area contributed by atoms with E-state index in [0.29, 0.717) is 22.7 Å². The Morgan fingerprint density at radius 3 is 2.60 bits per heavy atom. The summed E-state index contributed by atoms with van der Waals surface area (Å²) in [6, 6.07) is 4.91. The van der Waals surface area contributed by atoms with Gasteiger partial charge in [-0.2, -0.15) is 0 Å². The van der Waals surface area contributed by atoms with Crippen molar-refractivity contribution in [1.82, 2.24) is 10.2 Å². The molecule has 1 atom stereocenters. The van der Waals surface area contributed by atoms with E-state index in [1.54, 1.807) is 6.92 Å². The van der Waals surface area contributed by atoms with Gasteiger partial charge < -0.3 is 14.5 Å². The van der Waals surface area contributed by atoms with Crippen molar-refractivity contribution < 1.29 is 27.1 Å². The maximum atomic E-state index is 12.2. The monoisotopic (exact) mass is 373 g/mol. The van der Waals surface area contributed by atoms with E-state index in [2.05, 4.69) is 20.3 Å².